The first-order chi connectivity index (χ1) is 11.4. The van der Waals surface area contributed by atoms with Gasteiger partial charge in [-0.25, -0.2) is 4.79 Å². The zero-order valence-corrected chi connectivity index (χ0v) is 13.7. The topological polar surface area (TPSA) is 98.7 Å². The van der Waals surface area contributed by atoms with E-state index in [1.807, 2.05) is 37.3 Å². The van der Waals surface area contributed by atoms with Gasteiger partial charge in [-0.15, -0.1) is 0 Å². The van der Waals surface area contributed by atoms with Crippen molar-refractivity contribution in [3.63, 3.8) is 0 Å². The van der Waals surface area contributed by atoms with Crippen LogP contribution in [-0.4, -0.2) is 53.1 Å². The number of carboxylic acid groups (broad SMARTS) is 1. The monoisotopic (exact) mass is 333 g/mol. The number of rotatable bonds is 6. The van der Waals surface area contributed by atoms with Crippen LogP contribution in [0.15, 0.2) is 30.3 Å². The summed E-state index contributed by atoms with van der Waals surface area (Å²) in [7, 11) is 0. The highest BCUT2D eigenvalue weighted by molar-refractivity contribution is 5.85. The Morgan fingerprint density at radius 2 is 2.08 bits per heavy atom. The van der Waals surface area contributed by atoms with Crippen molar-refractivity contribution in [2.75, 3.05) is 13.1 Å². The van der Waals surface area contributed by atoms with Crippen LogP contribution in [0.25, 0.3) is 0 Å². The van der Waals surface area contributed by atoms with Crippen molar-refractivity contribution in [2.45, 2.75) is 38.3 Å². The lowest BCUT2D eigenvalue weighted by Crippen LogP contribution is -2.58. The van der Waals surface area contributed by atoms with Crippen molar-refractivity contribution in [1.82, 2.24) is 15.5 Å². The van der Waals surface area contributed by atoms with Crippen molar-refractivity contribution in [1.29, 1.82) is 0 Å². The highest BCUT2D eigenvalue weighted by Crippen LogP contribution is 2.09. The van der Waals surface area contributed by atoms with Gasteiger partial charge < -0.3 is 20.6 Å². The smallest absolute Gasteiger partial charge is 0.318 e. The minimum atomic E-state index is -0.895. The molecule has 0 saturated carbocycles. The molecule has 7 nitrogen and oxygen atoms in total. The second-order valence-electron chi connectivity index (χ2n) is 6.12. The Bertz CT molecular complexity index is 591. The van der Waals surface area contributed by atoms with Crippen LogP contribution in [0, 0.1) is 0 Å². The molecule has 0 radical (unpaired) electrons. The molecular weight excluding hydrogens is 310 g/mol. The number of carbonyl (C=O) groups is 3. The summed E-state index contributed by atoms with van der Waals surface area (Å²) in [6, 6.07) is 8.88. The normalized spacial score (nSPS) is 18.6. The number of hydrogen-bond donors (Lipinski definition) is 3. The Morgan fingerprint density at radius 1 is 1.38 bits per heavy atom. The molecule has 3 amide bonds. The largest absolute Gasteiger partial charge is 0.481 e. The fourth-order valence-corrected chi connectivity index (χ4v) is 2.78. The first-order valence-corrected chi connectivity index (χ1v) is 8.04. The minimum Gasteiger partial charge on any atom is -0.481 e. The molecule has 130 valence electrons. The molecule has 1 aliphatic heterocycles. The van der Waals surface area contributed by atoms with E-state index < -0.39 is 5.97 Å². The molecular formula is C17H23N3O4. The van der Waals surface area contributed by atoms with Crippen LogP contribution in [0.2, 0.25) is 0 Å². The molecule has 2 unspecified atom stereocenters. The average molecular weight is 333 g/mol. The lowest BCUT2D eigenvalue weighted by atomic mass is 10.0. The SMILES string of the molecule is CC1CN(C(=O)NC(CCC(=O)O)Cc2ccccc2)CC(=O)N1. The van der Waals surface area contributed by atoms with Gasteiger partial charge in [-0.05, 0) is 25.3 Å². The number of aliphatic carboxylic acids is 1. The van der Waals surface area contributed by atoms with Crippen LogP contribution in [0.1, 0.15) is 25.3 Å². The maximum atomic E-state index is 12.4. The molecule has 1 saturated heterocycles. The molecule has 0 bridgehead atoms. The van der Waals surface area contributed by atoms with E-state index in [1.165, 1.54) is 4.90 Å². The number of amides is 3. The van der Waals surface area contributed by atoms with Crippen molar-refractivity contribution in [3.8, 4) is 0 Å². The van der Waals surface area contributed by atoms with Crippen LogP contribution in [0.5, 0.6) is 0 Å². The van der Waals surface area contributed by atoms with Crippen molar-refractivity contribution >= 4 is 17.9 Å². The van der Waals surface area contributed by atoms with Crippen LogP contribution >= 0.6 is 0 Å². The second-order valence-corrected chi connectivity index (χ2v) is 6.12. The number of carboxylic acids is 1. The van der Waals surface area contributed by atoms with Crippen LogP contribution in [0.3, 0.4) is 0 Å². The van der Waals surface area contributed by atoms with E-state index in [0.29, 0.717) is 19.4 Å². The highest BCUT2D eigenvalue weighted by atomic mass is 16.4. The molecule has 2 rings (SSSR count). The molecule has 0 aliphatic carbocycles. The number of urea groups is 1. The molecule has 0 spiro atoms. The Morgan fingerprint density at radius 3 is 2.71 bits per heavy atom. The molecule has 24 heavy (non-hydrogen) atoms. The summed E-state index contributed by atoms with van der Waals surface area (Å²) in [6.45, 7) is 2.30. The Labute approximate surface area is 141 Å². The minimum absolute atomic E-state index is 0.0192. The third kappa shape index (κ3) is 5.57. The van der Waals surface area contributed by atoms with Gasteiger partial charge >= 0.3 is 12.0 Å². The molecule has 7 heteroatoms. The first-order valence-electron chi connectivity index (χ1n) is 8.04. The predicted molar refractivity (Wildman–Crippen MR) is 88.5 cm³/mol. The quantitative estimate of drug-likeness (QED) is 0.723. The number of hydrogen-bond acceptors (Lipinski definition) is 3. The van der Waals surface area contributed by atoms with Gasteiger partial charge in [0.05, 0.1) is 0 Å². The Balaban J connectivity index is 1.99. The van der Waals surface area contributed by atoms with E-state index in [2.05, 4.69) is 10.6 Å². The second kappa shape index (κ2) is 8.33. The summed E-state index contributed by atoms with van der Waals surface area (Å²) in [5, 5.41) is 14.5. The number of benzene rings is 1. The molecule has 1 fully saturated rings. The van der Waals surface area contributed by atoms with Crippen LogP contribution in [0.4, 0.5) is 4.79 Å². The maximum Gasteiger partial charge on any atom is 0.318 e. The lowest BCUT2D eigenvalue weighted by molar-refractivity contribution is -0.137. The van der Waals surface area contributed by atoms with E-state index in [0.717, 1.165) is 5.56 Å². The molecule has 1 aromatic rings. The molecule has 1 aromatic carbocycles. The fraction of sp³-hybridized carbons (Fsp3) is 0.471. The number of piperazine rings is 1. The van der Waals surface area contributed by atoms with Gasteiger partial charge in [0, 0.05) is 25.0 Å². The van der Waals surface area contributed by atoms with E-state index in [9.17, 15) is 14.4 Å². The van der Waals surface area contributed by atoms with Gasteiger partial charge in [-0.3, -0.25) is 9.59 Å². The zero-order chi connectivity index (χ0) is 17.5. The summed E-state index contributed by atoms with van der Waals surface area (Å²) in [5.74, 6) is -1.08. The molecule has 0 aromatic heterocycles. The highest BCUT2D eigenvalue weighted by Gasteiger charge is 2.27. The zero-order valence-electron chi connectivity index (χ0n) is 13.7. The number of nitrogens with one attached hydrogen (secondary N) is 2. The van der Waals surface area contributed by atoms with E-state index >= 15 is 0 Å². The molecule has 1 aliphatic rings. The average Bonchev–Trinajstić information content (AvgIpc) is 2.52. The fourth-order valence-electron chi connectivity index (χ4n) is 2.78. The lowest BCUT2D eigenvalue weighted by Gasteiger charge is -2.32. The molecule has 2 atom stereocenters. The first kappa shape index (κ1) is 17.8. The van der Waals surface area contributed by atoms with E-state index in [4.69, 9.17) is 5.11 Å². The Kier molecular flexibility index (Phi) is 6.17. The van der Waals surface area contributed by atoms with Gasteiger partial charge in [0.2, 0.25) is 5.91 Å². The summed E-state index contributed by atoms with van der Waals surface area (Å²) in [5.41, 5.74) is 1.03. The number of carbonyl (C=O) groups excluding carboxylic acids is 2. The Hall–Kier alpha value is -2.57. The molecule has 1 heterocycles. The third-order valence-electron chi connectivity index (χ3n) is 3.88. The summed E-state index contributed by atoms with van der Waals surface area (Å²) in [6.07, 6.45) is 0.871. The van der Waals surface area contributed by atoms with Gasteiger partial charge in [-0.2, -0.15) is 0 Å². The summed E-state index contributed by atoms with van der Waals surface area (Å²) in [4.78, 5) is 36.3. The van der Waals surface area contributed by atoms with Crippen LogP contribution in [-0.2, 0) is 16.0 Å². The van der Waals surface area contributed by atoms with Gasteiger partial charge in [0.25, 0.3) is 0 Å². The predicted octanol–water partition coefficient (Wildman–Crippen LogP) is 0.992. The third-order valence-corrected chi connectivity index (χ3v) is 3.88. The van der Waals surface area contributed by atoms with Crippen molar-refractivity contribution in [3.05, 3.63) is 35.9 Å². The van der Waals surface area contributed by atoms with Crippen molar-refractivity contribution in [2.24, 2.45) is 0 Å². The van der Waals surface area contributed by atoms with Crippen molar-refractivity contribution < 1.29 is 19.5 Å². The number of nitrogens with zero attached hydrogens (tertiary/aromatic N) is 1. The standard InChI is InChI=1S/C17H23N3O4/c1-12-10-20(11-15(21)18-12)17(24)19-14(7-8-16(22)23)9-13-5-3-2-4-6-13/h2-6,12,14H,7-11H2,1H3,(H,18,21)(H,19,24)(H,22,23). The van der Waals surface area contributed by atoms with Gasteiger partial charge in [0.1, 0.15) is 6.54 Å². The summed E-state index contributed by atoms with van der Waals surface area (Å²) >= 11 is 0. The van der Waals surface area contributed by atoms with Gasteiger partial charge in [0.15, 0.2) is 0 Å². The van der Waals surface area contributed by atoms with E-state index in [1.54, 1.807) is 0 Å². The maximum absolute atomic E-state index is 12.4. The summed E-state index contributed by atoms with van der Waals surface area (Å²) < 4.78 is 0. The van der Waals surface area contributed by atoms with E-state index in [-0.39, 0.29) is 37.0 Å². The van der Waals surface area contributed by atoms with Gasteiger partial charge in [-0.1, -0.05) is 30.3 Å². The molecule has 3 N–H and O–H groups in total. The van der Waals surface area contributed by atoms with Crippen LogP contribution < -0.4 is 10.6 Å².